The first-order chi connectivity index (χ1) is 13.2. The number of ether oxygens (including phenoxy) is 1. The monoisotopic (exact) mass is 356 g/mol. The molecule has 0 bridgehead atoms. The van der Waals surface area contributed by atoms with Gasteiger partial charge in [0.25, 0.3) is 5.91 Å². The van der Waals surface area contributed by atoms with Gasteiger partial charge in [-0.05, 0) is 42.8 Å². The van der Waals surface area contributed by atoms with Gasteiger partial charge in [0.05, 0.1) is 17.7 Å². The quantitative estimate of drug-likeness (QED) is 0.700. The molecule has 4 nitrogen and oxygen atoms in total. The van der Waals surface area contributed by atoms with Crippen LogP contribution in [0.4, 0.5) is 0 Å². The van der Waals surface area contributed by atoms with Crippen LogP contribution in [0.15, 0.2) is 78.9 Å². The molecule has 1 unspecified atom stereocenters. The zero-order valence-electron chi connectivity index (χ0n) is 15.1. The van der Waals surface area contributed by atoms with Crippen molar-refractivity contribution in [1.82, 2.24) is 5.32 Å². The second-order valence-corrected chi connectivity index (χ2v) is 6.19. The van der Waals surface area contributed by atoms with Gasteiger partial charge in [-0.25, -0.2) is 0 Å². The Labute approximate surface area is 159 Å². The molecule has 3 rings (SSSR count). The minimum absolute atomic E-state index is 0.154. The summed E-state index contributed by atoms with van der Waals surface area (Å²) in [5, 5.41) is 11.9. The van der Waals surface area contributed by atoms with Gasteiger partial charge in [-0.1, -0.05) is 48.5 Å². The van der Waals surface area contributed by atoms with E-state index in [1.807, 2.05) is 67.6 Å². The van der Waals surface area contributed by atoms with Crippen molar-refractivity contribution in [2.45, 2.75) is 19.6 Å². The van der Waals surface area contributed by atoms with E-state index in [0.717, 1.165) is 16.9 Å². The fourth-order valence-corrected chi connectivity index (χ4v) is 2.75. The molecule has 0 radical (unpaired) electrons. The highest BCUT2D eigenvalue weighted by molar-refractivity contribution is 5.95. The first kappa shape index (κ1) is 18.2. The minimum Gasteiger partial charge on any atom is -0.489 e. The Hall–Kier alpha value is -3.58. The molecule has 1 amide bonds. The van der Waals surface area contributed by atoms with Gasteiger partial charge in [0.1, 0.15) is 12.4 Å². The smallest absolute Gasteiger partial charge is 0.252 e. The number of nitrogens with zero attached hydrogens (tertiary/aromatic N) is 1. The third-order valence-electron chi connectivity index (χ3n) is 4.29. The molecule has 0 heterocycles. The van der Waals surface area contributed by atoms with Crippen LogP contribution in [-0.4, -0.2) is 5.91 Å². The van der Waals surface area contributed by atoms with E-state index in [2.05, 4.69) is 11.4 Å². The molecule has 3 aromatic carbocycles. The minimum atomic E-state index is -0.173. The lowest BCUT2D eigenvalue weighted by atomic mass is 10.0. The molecule has 0 spiro atoms. The van der Waals surface area contributed by atoms with Crippen LogP contribution in [0, 0.1) is 11.3 Å². The summed E-state index contributed by atoms with van der Waals surface area (Å²) < 4.78 is 5.79. The number of benzene rings is 3. The van der Waals surface area contributed by atoms with Gasteiger partial charge in [-0.2, -0.15) is 5.26 Å². The van der Waals surface area contributed by atoms with Crippen molar-refractivity contribution in [2.24, 2.45) is 0 Å². The maximum atomic E-state index is 12.8. The predicted molar refractivity (Wildman–Crippen MR) is 104 cm³/mol. The lowest BCUT2D eigenvalue weighted by Gasteiger charge is -2.16. The van der Waals surface area contributed by atoms with Crippen molar-refractivity contribution in [3.05, 3.63) is 101 Å². The van der Waals surface area contributed by atoms with E-state index < -0.39 is 0 Å². The average Bonchev–Trinajstić information content (AvgIpc) is 2.73. The highest BCUT2D eigenvalue weighted by Crippen LogP contribution is 2.17. The topological polar surface area (TPSA) is 62.1 Å². The van der Waals surface area contributed by atoms with Crippen molar-refractivity contribution in [1.29, 1.82) is 5.26 Å². The van der Waals surface area contributed by atoms with E-state index >= 15 is 0 Å². The summed E-state index contributed by atoms with van der Waals surface area (Å²) in [5.41, 5.74) is 2.96. The number of amides is 1. The lowest BCUT2D eigenvalue weighted by molar-refractivity contribution is 0.0937. The number of hydrogen-bond donors (Lipinski definition) is 1. The SMILES string of the molecule is CC(NC(=O)c1ccccc1COc1ccccc1)c1ccc(C#N)cc1. The molecule has 0 saturated heterocycles. The first-order valence-electron chi connectivity index (χ1n) is 8.74. The highest BCUT2D eigenvalue weighted by Gasteiger charge is 2.15. The Bertz CT molecular complexity index is 944. The normalized spacial score (nSPS) is 11.3. The Morgan fingerprint density at radius 3 is 2.37 bits per heavy atom. The van der Waals surface area contributed by atoms with Gasteiger partial charge in [-0.15, -0.1) is 0 Å². The number of para-hydroxylation sites is 1. The van der Waals surface area contributed by atoms with Crippen molar-refractivity contribution in [2.75, 3.05) is 0 Å². The van der Waals surface area contributed by atoms with Crippen molar-refractivity contribution >= 4 is 5.91 Å². The molecule has 1 N–H and O–H groups in total. The fraction of sp³-hybridized carbons (Fsp3) is 0.130. The van der Waals surface area contributed by atoms with Crippen LogP contribution in [0.2, 0.25) is 0 Å². The van der Waals surface area contributed by atoms with E-state index in [1.54, 1.807) is 18.2 Å². The molecule has 0 aliphatic rings. The van der Waals surface area contributed by atoms with E-state index in [9.17, 15) is 4.79 Å². The number of rotatable bonds is 6. The maximum absolute atomic E-state index is 12.8. The Kier molecular flexibility index (Phi) is 5.86. The Morgan fingerprint density at radius 2 is 1.67 bits per heavy atom. The standard InChI is InChI=1S/C23H20N2O2/c1-17(19-13-11-18(15-24)12-14-19)25-23(26)22-10-6-5-7-20(22)16-27-21-8-3-2-4-9-21/h2-14,17H,16H2,1H3,(H,25,26). The van der Waals surface area contributed by atoms with Crippen LogP contribution in [0.1, 0.15) is 40.0 Å². The second kappa shape index (κ2) is 8.68. The molecule has 1 atom stereocenters. The average molecular weight is 356 g/mol. The third-order valence-corrected chi connectivity index (χ3v) is 4.29. The van der Waals surface area contributed by atoms with Crippen LogP contribution in [0.3, 0.4) is 0 Å². The largest absolute Gasteiger partial charge is 0.489 e. The highest BCUT2D eigenvalue weighted by atomic mass is 16.5. The van der Waals surface area contributed by atoms with Gasteiger partial charge in [0.2, 0.25) is 0 Å². The molecule has 3 aromatic rings. The van der Waals surface area contributed by atoms with E-state index in [0.29, 0.717) is 17.7 Å². The first-order valence-corrected chi connectivity index (χ1v) is 8.74. The molecular formula is C23H20N2O2. The zero-order valence-corrected chi connectivity index (χ0v) is 15.1. The molecule has 0 aliphatic carbocycles. The Morgan fingerprint density at radius 1 is 1.00 bits per heavy atom. The maximum Gasteiger partial charge on any atom is 0.252 e. The molecule has 0 saturated carbocycles. The number of nitrogens with one attached hydrogen (secondary N) is 1. The van der Waals surface area contributed by atoms with E-state index in [4.69, 9.17) is 10.00 Å². The molecule has 0 aromatic heterocycles. The number of carbonyl (C=O) groups is 1. The summed E-state index contributed by atoms with van der Waals surface area (Å²) in [5.74, 6) is 0.609. The zero-order chi connectivity index (χ0) is 19.1. The van der Waals surface area contributed by atoms with Gasteiger partial charge >= 0.3 is 0 Å². The molecule has 0 aliphatic heterocycles. The van der Waals surface area contributed by atoms with Gasteiger partial charge in [-0.3, -0.25) is 4.79 Å². The Balaban J connectivity index is 1.69. The van der Waals surface area contributed by atoms with Crippen molar-refractivity contribution in [3.63, 3.8) is 0 Å². The second-order valence-electron chi connectivity index (χ2n) is 6.19. The van der Waals surface area contributed by atoms with Crippen molar-refractivity contribution < 1.29 is 9.53 Å². The summed E-state index contributed by atoms with van der Waals surface area (Å²) in [4.78, 5) is 12.8. The third kappa shape index (κ3) is 4.74. The van der Waals surface area contributed by atoms with Gasteiger partial charge in [0, 0.05) is 11.1 Å². The molecular weight excluding hydrogens is 336 g/mol. The fourth-order valence-electron chi connectivity index (χ4n) is 2.75. The molecule has 0 fully saturated rings. The molecule has 27 heavy (non-hydrogen) atoms. The van der Waals surface area contributed by atoms with Crippen LogP contribution < -0.4 is 10.1 Å². The van der Waals surface area contributed by atoms with E-state index in [1.165, 1.54) is 0 Å². The van der Waals surface area contributed by atoms with Crippen LogP contribution in [0.5, 0.6) is 5.75 Å². The van der Waals surface area contributed by atoms with Crippen LogP contribution in [0.25, 0.3) is 0 Å². The summed E-state index contributed by atoms with van der Waals surface area (Å²) in [7, 11) is 0. The van der Waals surface area contributed by atoms with E-state index in [-0.39, 0.29) is 11.9 Å². The van der Waals surface area contributed by atoms with Gasteiger partial charge in [0.15, 0.2) is 0 Å². The lowest BCUT2D eigenvalue weighted by Crippen LogP contribution is -2.27. The van der Waals surface area contributed by atoms with Crippen LogP contribution in [-0.2, 0) is 6.61 Å². The summed E-state index contributed by atoms with van der Waals surface area (Å²) in [6.07, 6.45) is 0. The predicted octanol–water partition coefficient (Wildman–Crippen LogP) is 4.63. The molecule has 4 heteroatoms. The summed E-state index contributed by atoms with van der Waals surface area (Å²) in [6, 6.07) is 26.1. The van der Waals surface area contributed by atoms with Crippen LogP contribution >= 0.6 is 0 Å². The summed E-state index contributed by atoms with van der Waals surface area (Å²) in [6.45, 7) is 2.24. The van der Waals surface area contributed by atoms with Crippen molar-refractivity contribution in [3.8, 4) is 11.8 Å². The summed E-state index contributed by atoms with van der Waals surface area (Å²) >= 11 is 0. The molecule has 134 valence electrons. The number of hydrogen-bond acceptors (Lipinski definition) is 3. The number of nitriles is 1. The van der Waals surface area contributed by atoms with Gasteiger partial charge < -0.3 is 10.1 Å². The number of carbonyl (C=O) groups excluding carboxylic acids is 1.